The minimum Gasteiger partial charge on any atom is -0.489 e. The van der Waals surface area contributed by atoms with Crippen LogP contribution in [0, 0.1) is 0 Å². The number of anilines is 1. The van der Waals surface area contributed by atoms with Crippen molar-refractivity contribution in [1.82, 2.24) is 9.71 Å². The van der Waals surface area contributed by atoms with Gasteiger partial charge in [-0.1, -0.05) is 60.7 Å². The highest BCUT2D eigenvalue weighted by atomic mass is 32.2. The van der Waals surface area contributed by atoms with Crippen LogP contribution in [-0.4, -0.2) is 40.5 Å². The minimum atomic E-state index is -3.90. The van der Waals surface area contributed by atoms with Crippen molar-refractivity contribution in [1.29, 1.82) is 0 Å². The van der Waals surface area contributed by atoms with E-state index in [1.54, 1.807) is 48.5 Å². The van der Waals surface area contributed by atoms with E-state index >= 15 is 0 Å². The van der Waals surface area contributed by atoms with Crippen molar-refractivity contribution in [3.63, 3.8) is 0 Å². The van der Waals surface area contributed by atoms with Crippen LogP contribution in [0.3, 0.4) is 0 Å². The quantitative estimate of drug-likeness (QED) is 0.257. The molecule has 9 nitrogen and oxygen atoms in total. The van der Waals surface area contributed by atoms with Gasteiger partial charge >= 0.3 is 0 Å². The average molecular weight is 594 g/mol. The number of pyridine rings is 1. The number of sulfonamides is 1. The Bertz CT molecular complexity index is 1690. The van der Waals surface area contributed by atoms with E-state index in [9.17, 15) is 21.6 Å². The molecule has 41 heavy (non-hydrogen) atoms. The molecule has 0 radical (unpaired) electrons. The van der Waals surface area contributed by atoms with Gasteiger partial charge in [-0.05, 0) is 48.4 Å². The summed E-state index contributed by atoms with van der Waals surface area (Å²) < 4.78 is 57.6. The number of hydrogen-bond acceptors (Lipinski definition) is 8. The van der Waals surface area contributed by atoms with Crippen LogP contribution in [0.2, 0.25) is 0 Å². The lowest BCUT2D eigenvalue weighted by atomic mass is 10.1. The number of aromatic nitrogens is 1. The first kappa shape index (κ1) is 29.8. The van der Waals surface area contributed by atoms with Gasteiger partial charge in [-0.25, -0.2) is 26.5 Å². The Morgan fingerprint density at radius 2 is 1.54 bits per heavy atom. The normalized spacial score (nSPS) is 11.6. The molecule has 0 fully saturated rings. The van der Waals surface area contributed by atoms with Crippen LogP contribution in [0.15, 0.2) is 102 Å². The van der Waals surface area contributed by atoms with Crippen LogP contribution < -0.4 is 14.4 Å². The molecule has 0 spiro atoms. The van der Waals surface area contributed by atoms with Gasteiger partial charge in [-0.3, -0.25) is 4.79 Å². The molecule has 1 heterocycles. The van der Waals surface area contributed by atoms with Crippen molar-refractivity contribution in [3.05, 3.63) is 119 Å². The third-order valence-electron chi connectivity index (χ3n) is 6.22. The number of sulfone groups is 1. The van der Waals surface area contributed by atoms with Gasteiger partial charge in [0.25, 0.3) is 5.91 Å². The predicted octanol–water partition coefficient (Wildman–Crippen LogP) is 4.35. The van der Waals surface area contributed by atoms with Gasteiger partial charge in [0.2, 0.25) is 10.0 Å². The lowest BCUT2D eigenvalue weighted by Crippen LogP contribution is -2.31. The molecule has 1 N–H and O–H groups in total. The van der Waals surface area contributed by atoms with Crippen molar-refractivity contribution < 1.29 is 26.4 Å². The second-order valence-electron chi connectivity index (χ2n) is 9.41. The van der Waals surface area contributed by atoms with Gasteiger partial charge in [0.05, 0.1) is 16.2 Å². The minimum absolute atomic E-state index is 0.0902. The van der Waals surface area contributed by atoms with Crippen molar-refractivity contribution in [2.45, 2.75) is 30.7 Å². The largest absolute Gasteiger partial charge is 0.489 e. The Kier molecular flexibility index (Phi) is 9.41. The van der Waals surface area contributed by atoms with Gasteiger partial charge in [0.15, 0.2) is 9.84 Å². The molecule has 214 valence electrons. The molecule has 0 aliphatic carbocycles. The van der Waals surface area contributed by atoms with Crippen LogP contribution in [0.5, 0.6) is 5.75 Å². The molecule has 4 rings (SSSR count). The Morgan fingerprint density at radius 1 is 0.878 bits per heavy atom. The smallest absolute Gasteiger partial charge is 0.266 e. The number of amides is 1. The van der Waals surface area contributed by atoms with Gasteiger partial charge < -0.3 is 9.64 Å². The first-order valence-corrected chi connectivity index (χ1v) is 16.4. The van der Waals surface area contributed by atoms with E-state index < -0.39 is 25.8 Å². The molecule has 0 atom stereocenters. The van der Waals surface area contributed by atoms with Crippen molar-refractivity contribution in [2.24, 2.45) is 0 Å². The first-order chi connectivity index (χ1) is 19.5. The zero-order valence-corrected chi connectivity index (χ0v) is 24.4. The van der Waals surface area contributed by atoms with Crippen LogP contribution in [0.25, 0.3) is 0 Å². The lowest BCUT2D eigenvalue weighted by Gasteiger charge is -2.24. The van der Waals surface area contributed by atoms with E-state index in [1.807, 2.05) is 42.2 Å². The highest BCUT2D eigenvalue weighted by Gasteiger charge is 2.19. The summed E-state index contributed by atoms with van der Waals surface area (Å²) in [5.41, 5.74) is 2.28. The third-order valence-corrected chi connectivity index (χ3v) is 8.54. The number of nitrogens with one attached hydrogen (secondary N) is 1. The van der Waals surface area contributed by atoms with E-state index in [-0.39, 0.29) is 22.8 Å². The molecular formula is C30H31N3O6S2. The Labute approximate surface area is 240 Å². The summed E-state index contributed by atoms with van der Waals surface area (Å²) in [6.07, 6.45) is 2.46. The number of hydrogen-bond donors (Lipinski definition) is 1. The van der Waals surface area contributed by atoms with Gasteiger partial charge in [-0.15, -0.1) is 0 Å². The van der Waals surface area contributed by atoms with Crippen molar-refractivity contribution in [3.8, 4) is 5.75 Å². The second-order valence-corrected chi connectivity index (χ2v) is 13.1. The number of rotatable bonds is 12. The van der Waals surface area contributed by atoms with E-state index in [1.165, 1.54) is 18.3 Å². The summed E-state index contributed by atoms with van der Waals surface area (Å²) in [6.45, 7) is 3.04. The fourth-order valence-electron chi connectivity index (χ4n) is 4.08. The zero-order valence-electron chi connectivity index (χ0n) is 22.7. The Morgan fingerprint density at radius 3 is 2.12 bits per heavy atom. The van der Waals surface area contributed by atoms with Gasteiger partial charge in [0, 0.05) is 31.1 Å². The second kappa shape index (κ2) is 13.0. The maximum Gasteiger partial charge on any atom is 0.266 e. The molecule has 3 aromatic carbocycles. The molecule has 1 amide bonds. The summed E-state index contributed by atoms with van der Waals surface area (Å²) in [5.74, 6) is -0.0367. The third kappa shape index (κ3) is 8.38. The number of ether oxygens (including phenoxy) is 1. The van der Waals surface area contributed by atoms with Gasteiger partial charge in [-0.2, -0.15) is 0 Å². The van der Waals surface area contributed by atoms with Crippen LogP contribution in [-0.2, 0) is 38.8 Å². The fourth-order valence-corrected chi connectivity index (χ4v) is 5.86. The lowest BCUT2D eigenvalue weighted by molar-refractivity contribution is 0.0981. The van der Waals surface area contributed by atoms with E-state index in [2.05, 4.69) is 9.71 Å². The SMILES string of the molecule is CCN(Cc1cc(S(C)(=O)=O)ccc1OCc1ccccc1)c1ccc(C(=O)NS(=O)(=O)Cc2ccccc2)cn1. The Hall–Kier alpha value is -4.22. The summed E-state index contributed by atoms with van der Waals surface area (Å²) in [5, 5.41) is 0. The summed E-state index contributed by atoms with van der Waals surface area (Å²) in [6, 6.07) is 26.1. The molecule has 11 heteroatoms. The molecule has 0 unspecified atom stereocenters. The van der Waals surface area contributed by atoms with Crippen molar-refractivity contribution in [2.75, 3.05) is 17.7 Å². The number of benzene rings is 3. The molecule has 0 bridgehead atoms. The average Bonchev–Trinajstić information content (AvgIpc) is 2.95. The summed E-state index contributed by atoms with van der Waals surface area (Å²) in [4.78, 5) is 19.1. The molecule has 4 aromatic rings. The summed E-state index contributed by atoms with van der Waals surface area (Å²) in [7, 11) is -7.35. The monoisotopic (exact) mass is 593 g/mol. The van der Waals surface area contributed by atoms with E-state index in [0.717, 1.165) is 11.8 Å². The van der Waals surface area contributed by atoms with E-state index in [0.29, 0.717) is 35.8 Å². The number of carbonyl (C=O) groups excluding carboxylic acids is 1. The van der Waals surface area contributed by atoms with Crippen LogP contribution in [0.4, 0.5) is 5.82 Å². The maximum atomic E-state index is 12.6. The number of nitrogens with zero attached hydrogens (tertiary/aromatic N) is 2. The standard InChI is InChI=1S/C30H31N3O6S2/c1-3-33(20-26-18-27(40(2,35)36)15-16-28(26)39-21-23-10-6-4-7-11-23)29-17-14-25(19-31-29)30(34)32-41(37,38)22-24-12-8-5-9-13-24/h4-19H,3,20-22H2,1-2H3,(H,32,34). The van der Waals surface area contributed by atoms with Gasteiger partial charge in [0.1, 0.15) is 18.2 Å². The highest BCUT2D eigenvalue weighted by molar-refractivity contribution is 7.90. The molecule has 0 aliphatic rings. The Balaban J connectivity index is 1.50. The predicted molar refractivity (Wildman–Crippen MR) is 158 cm³/mol. The highest BCUT2D eigenvalue weighted by Crippen LogP contribution is 2.27. The number of carbonyl (C=O) groups is 1. The molecule has 0 saturated heterocycles. The first-order valence-electron chi connectivity index (χ1n) is 12.8. The topological polar surface area (TPSA) is 123 Å². The maximum absolute atomic E-state index is 12.6. The van der Waals surface area contributed by atoms with Crippen LogP contribution in [0.1, 0.15) is 34.0 Å². The fraction of sp³-hybridized carbons (Fsp3) is 0.200. The van der Waals surface area contributed by atoms with E-state index in [4.69, 9.17) is 4.74 Å². The summed E-state index contributed by atoms with van der Waals surface area (Å²) >= 11 is 0. The van der Waals surface area contributed by atoms with Crippen LogP contribution >= 0.6 is 0 Å². The molecular weight excluding hydrogens is 562 g/mol. The zero-order chi connectivity index (χ0) is 29.5. The molecule has 0 aliphatic heterocycles. The molecule has 1 aromatic heterocycles. The van der Waals surface area contributed by atoms with Crippen molar-refractivity contribution >= 4 is 31.6 Å². The molecule has 0 saturated carbocycles.